The van der Waals surface area contributed by atoms with Crippen molar-refractivity contribution >= 4 is 23.1 Å². The number of rotatable bonds is 4. The lowest BCUT2D eigenvalue weighted by Gasteiger charge is -2.20. The van der Waals surface area contributed by atoms with E-state index < -0.39 is 11.7 Å². The first-order valence-electron chi connectivity index (χ1n) is 5.29. The fourth-order valence-electron chi connectivity index (χ4n) is 1.48. The van der Waals surface area contributed by atoms with Crippen molar-refractivity contribution in [2.45, 2.75) is 13.8 Å². The molecule has 0 fully saturated rings. The molecule has 1 aromatic carbocycles. The monoisotopic (exact) mass is 254 g/mol. The van der Waals surface area contributed by atoms with Crippen LogP contribution in [-0.2, 0) is 0 Å². The quantitative estimate of drug-likeness (QED) is 0.835. The van der Waals surface area contributed by atoms with Crippen LogP contribution < -0.4 is 5.73 Å². The molecule has 0 aromatic heterocycles. The van der Waals surface area contributed by atoms with E-state index in [1.165, 1.54) is 17.0 Å². The van der Waals surface area contributed by atoms with Crippen LogP contribution in [0.5, 0.6) is 0 Å². The number of likely N-dealkylation sites (N-methyl/N-ethyl adjacent to an activating group) is 1. The van der Waals surface area contributed by atoms with Crippen LogP contribution >= 0.6 is 12.2 Å². The molecule has 0 saturated heterocycles. The van der Waals surface area contributed by atoms with Crippen LogP contribution in [0.15, 0.2) is 18.2 Å². The average Bonchev–Trinajstić information content (AvgIpc) is 2.24. The highest BCUT2D eigenvalue weighted by Gasteiger charge is 2.18. The highest BCUT2D eigenvalue weighted by atomic mass is 32.1. The Kier molecular flexibility index (Phi) is 4.57. The third-order valence-electron chi connectivity index (χ3n) is 2.37. The second-order valence-corrected chi connectivity index (χ2v) is 4.29. The number of thiocarbonyl (C=S) groups is 1. The van der Waals surface area contributed by atoms with Crippen LogP contribution in [0.25, 0.3) is 0 Å². The number of aryl methyl sites for hydroxylation is 1. The molecule has 17 heavy (non-hydrogen) atoms. The lowest BCUT2D eigenvalue weighted by atomic mass is 10.1. The van der Waals surface area contributed by atoms with Crippen molar-refractivity contribution in [1.82, 2.24) is 4.90 Å². The van der Waals surface area contributed by atoms with Gasteiger partial charge in [-0.25, -0.2) is 4.39 Å². The van der Waals surface area contributed by atoms with Gasteiger partial charge < -0.3 is 10.6 Å². The molecule has 0 aliphatic rings. The topological polar surface area (TPSA) is 46.3 Å². The van der Waals surface area contributed by atoms with Crippen LogP contribution in [-0.4, -0.2) is 28.9 Å². The Balaban J connectivity index is 2.97. The largest absolute Gasteiger partial charge is 0.392 e. The molecule has 92 valence electrons. The zero-order valence-electron chi connectivity index (χ0n) is 9.87. The molecule has 0 unspecified atom stereocenters. The summed E-state index contributed by atoms with van der Waals surface area (Å²) in [6, 6.07) is 4.52. The Morgan fingerprint density at radius 2 is 2.18 bits per heavy atom. The minimum Gasteiger partial charge on any atom is -0.392 e. The van der Waals surface area contributed by atoms with Crippen LogP contribution in [0.4, 0.5) is 4.39 Å². The van der Waals surface area contributed by atoms with Gasteiger partial charge >= 0.3 is 0 Å². The van der Waals surface area contributed by atoms with E-state index >= 15 is 0 Å². The first kappa shape index (κ1) is 13.6. The van der Waals surface area contributed by atoms with E-state index in [2.05, 4.69) is 0 Å². The van der Waals surface area contributed by atoms with E-state index in [1.807, 2.05) is 0 Å². The highest BCUT2D eigenvalue weighted by molar-refractivity contribution is 7.80. The number of nitrogens with two attached hydrogens (primary N) is 1. The molecule has 1 aromatic rings. The van der Waals surface area contributed by atoms with E-state index in [1.54, 1.807) is 19.9 Å². The zero-order valence-corrected chi connectivity index (χ0v) is 10.7. The van der Waals surface area contributed by atoms with E-state index in [4.69, 9.17) is 18.0 Å². The molecule has 0 aliphatic carbocycles. The summed E-state index contributed by atoms with van der Waals surface area (Å²) in [5.41, 5.74) is 6.21. The summed E-state index contributed by atoms with van der Waals surface area (Å²) in [6.07, 6.45) is 0. The van der Waals surface area contributed by atoms with Gasteiger partial charge in [-0.2, -0.15) is 0 Å². The van der Waals surface area contributed by atoms with Gasteiger partial charge in [-0.15, -0.1) is 0 Å². The number of carbonyl (C=O) groups is 1. The van der Waals surface area contributed by atoms with Gasteiger partial charge in [0.15, 0.2) is 0 Å². The maximum atomic E-state index is 13.6. The molecular weight excluding hydrogens is 239 g/mol. The van der Waals surface area contributed by atoms with Gasteiger partial charge in [0.2, 0.25) is 0 Å². The summed E-state index contributed by atoms with van der Waals surface area (Å²) < 4.78 is 13.6. The standard InChI is InChI=1S/C12H15FN2OS/c1-3-15(7-11(14)17)12(16)9-5-4-8(2)6-10(9)13/h4-6H,3,7H2,1-2H3,(H2,14,17). The van der Waals surface area contributed by atoms with Crippen LogP contribution in [0.3, 0.4) is 0 Å². The summed E-state index contributed by atoms with van der Waals surface area (Å²) in [5, 5.41) is 0. The van der Waals surface area contributed by atoms with E-state index in [0.29, 0.717) is 6.54 Å². The summed E-state index contributed by atoms with van der Waals surface area (Å²) in [7, 11) is 0. The molecule has 0 atom stereocenters. The van der Waals surface area contributed by atoms with Crippen molar-refractivity contribution in [3.05, 3.63) is 35.1 Å². The lowest BCUT2D eigenvalue weighted by molar-refractivity contribution is 0.0783. The third kappa shape index (κ3) is 3.49. The van der Waals surface area contributed by atoms with E-state index in [0.717, 1.165) is 5.56 Å². The van der Waals surface area contributed by atoms with Gasteiger partial charge in [-0.1, -0.05) is 18.3 Å². The minimum atomic E-state index is -0.517. The van der Waals surface area contributed by atoms with Crippen LogP contribution in [0.1, 0.15) is 22.8 Å². The van der Waals surface area contributed by atoms with E-state index in [9.17, 15) is 9.18 Å². The van der Waals surface area contributed by atoms with Gasteiger partial charge in [0.1, 0.15) is 5.82 Å². The van der Waals surface area contributed by atoms with Crippen molar-refractivity contribution < 1.29 is 9.18 Å². The Labute approximate surface area is 105 Å². The van der Waals surface area contributed by atoms with Crippen molar-refractivity contribution in [2.24, 2.45) is 5.73 Å². The zero-order chi connectivity index (χ0) is 13.0. The smallest absolute Gasteiger partial charge is 0.257 e. The number of amides is 1. The Morgan fingerprint density at radius 3 is 2.65 bits per heavy atom. The fraction of sp³-hybridized carbons (Fsp3) is 0.333. The number of carbonyl (C=O) groups excluding carboxylic acids is 1. The molecule has 3 nitrogen and oxygen atoms in total. The molecule has 0 heterocycles. The Bertz CT molecular complexity index is 448. The summed E-state index contributed by atoms with van der Waals surface area (Å²) in [6.45, 7) is 4.16. The Morgan fingerprint density at radius 1 is 1.53 bits per heavy atom. The fourth-order valence-corrected chi connectivity index (χ4v) is 1.64. The number of nitrogens with zero attached hydrogens (tertiary/aromatic N) is 1. The van der Waals surface area contributed by atoms with Gasteiger partial charge in [-0.3, -0.25) is 4.79 Å². The second-order valence-electron chi connectivity index (χ2n) is 3.77. The molecule has 2 N–H and O–H groups in total. The number of hydrogen-bond donors (Lipinski definition) is 1. The average molecular weight is 254 g/mol. The molecule has 1 rings (SSSR count). The maximum absolute atomic E-state index is 13.6. The van der Waals surface area contributed by atoms with Gasteiger partial charge in [0, 0.05) is 6.54 Å². The SMILES string of the molecule is CCN(CC(N)=S)C(=O)c1ccc(C)cc1F. The third-order valence-corrected chi connectivity index (χ3v) is 2.50. The molecule has 0 radical (unpaired) electrons. The molecular formula is C12H15FN2OS. The van der Waals surface area contributed by atoms with Gasteiger partial charge in [0.05, 0.1) is 17.1 Å². The minimum absolute atomic E-state index is 0.0497. The first-order chi connectivity index (χ1) is 7.95. The molecule has 5 heteroatoms. The molecule has 0 saturated carbocycles. The summed E-state index contributed by atoms with van der Waals surface area (Å²) >= 11 is 4.75. The van der Waals surface area contributed by atoms with Crippen molar-refractivity contribution in [2.75, 3.05) is 13.1 Å². The second kappa shape index (κ2) is 5.72. The normalized spacial score (nSPS) is 10.1. The van der Waals surface area contributed by atoms with Crippen molar-refractivity contribution in [3.63, 3.8) is 0 Å². The predicted molar refractivity (Wildman–Crippen MR) is 69.5 cm³/mol. The van der Waals surface area contributed by atoms with Gasteiger partial charge in [0.25, 0.3) is 5.91 Å². The number of halogens is 1. The first-order valence-corrected chi connectivity index (χ1v) is 5.70. The summed E-state index contributed by atoms with van der Waals surface area (Å²) in [5.74, 6) is -0.908. The lowest BCUT2D eigenvalue weighted by Crippen LogP contribution is -2.37. The van der Waals surface area contributed by atoms with Crippen LogP contribution in [0, 0.1) is 12.7 Å². The highest BCUT2D eigenvalue weighted by Crippen LogP contribution is 2.12. The predicted octanol–water partition coefficient (Wildman–Crippen LogP) is 1.88. The number of benzene rings is 1. The Hall–Kier alpha value is -1.49. The molecule has 1 amide bonds. The molecule has 0 bridgehead atoms. The molecule has 0 aliphatic heterocycles. The maximum Gasteiger partial charge on any atom is 0.257 e. The van der Waals surface area contributed by atoms with Crippen molar-refractivity contribution in [1.29, 1.82) is 0 Å². The molecule has 0 spiro atoms. The number of hydrogen-bond acceptors (Lipinski definition) is 2. The van der Waals surface area contributed by atoms with E-state index in [-0.39, 0.29) is 17.1 Å². The van der Waals surface area contributed by atoms with Crippen molar-refractivity contribution in [3.8, 4) is 0 Å². The summed E-state index contributed by atoms with van der Waals surface area (Å²) in [4.78, 5) is 13.6. The van der Waals surface area contributed by atoms with Crippen LogP contribution in [0.2, 0.25) is 0 Å². The van der Waals surface area contributed by atoms with Gasteiger partial charge in [-0.05, 0) is 31.5 Å².